The molecule has 0 amide bonds. The van der Waals surface area contributed by atoms with Crippen molar-refractivity contribution in [3.05, 3.63) is 35.9 Å². The SMILES string of the molecule is COc1cccc(N)c1C(=O)OCc1ncnn1C. The summed E-state index contributed by atoms with van der Waals surface area (Å²) in [5.74, 6) is 0.364. The second-order valence-corrected chi connectivity index (χ2v) is 3.80. The van der Waals surface area contributed by atoms with Gasteiger partial charge in [-0.1, -0.05) is 6.07 Å². The Morgan fingerprint density at radius 3 is 2.89 bits per heavy atom. The Kier molecular flexibility index (Phi) is 3.65. The lowest BCUT2D eigenvalue weighted by molar-refractivity contribution is 0.0456. The van der Waals surface area contributed by atoms with Crippen LogP contribution in [0.15, 0.2) is 24.5 Å². The minimum Gasteiger partial charge on any atom is -0.496 e. The van der Waals surface area contributed by atoms with E-state index in [2.05, 4.69) is 10.1 Å². The maximum Gasteiger partial charge on any atom is 0.344 e. The number of aryl methyl sites for hydroxylation is 1. The Hall–Kier alpha value is -2.57. The number of aromatic nitrogens is 3. The van der Waals surface area contributed by atoms with E-state index in [1.165, 1.54) is 18.1 Å². The first-order chi connectivity index (χ1) is 9.13. The molecule has 0 saturated carbocycles. The first-order valence-corrected chi connectivity index (χ1v) is 5.56. The van der Waals surface area contributed by atoms with Crippen molar-refractivity contribution in [2.75, 3.05) is 12.8 Å². The van der Waals surface area contributed by atoms with Crippen LogP contribution in [0.25, 0.3) is 0 Å². The molecule has 0 saturated heterocycles. The molecular weight excluding hydrogens is 248 g/mol. The lowest BCUT2D eigenvalue weighted by Gasteiger charge is -2.10. The number of ether oxygens (including phenoxy) is 2. The van der Waals surface area contributed by atoms with Gasteiger partial charge < -0.3 is 15.2 Å². The Bertz CT molecular complexity index is 594. The highest BCUT2D eigenvalue weighted by Crippen LogP contribution is 2.25. The molecule has 7 heteroatoms. The molecule has 0 radical (unpaired) electrons. The number of methoxy groups -OCH3 is 1. The van der Waals surface area contributed by atoms with E-state index in [-0.39, 0.29) is 12.2 Å². The van der Waals surface area contributed by atoms with Crippen molar-refractivity contribution >= 4 is 11.7 Å². The van der Waals surface area contributed by atoms with Crippen molar-refractivity contribution in [3.8, 4) is 5.75 Å². The van der Waals surface area contributed by atoms with Crippen LogP contribution in [0.1, 0.15) is 16.2 Å². The molecular formula is C12H14N4O3. The minimum absolute atomic E-state index is 0.0207. The highest BCUT2D eigenvalue weighted by Gasteiger charge is 2.18. The molecule has 100 valence electrons. The second-order valence-electron chi connectivity index (χ2n) is 3.80. The smallest absolute Gasteiger partial charge is 0.344 e. The number of nitrogens with two attached hydrogens (primary N) is 1. The number of nitrogens with zero attached hydrogens (tertiary/aromatic N) is 3. The highest BCUT2D eigenvalue weighted by molar-refractivity contribution is 5.98. The molecule has 1 heterocycles. The van der Waals surface area contributed by atoms with Crippen molar-refractivity contribution in [2.45, 2.75) is 6.61 Å². The average Bonchev–Trinajstić information content (AvgIpc) is 2.81. The zero-order valence-electron chi connectivity index (χ0n) is 10.7. The van der Waals surface area contributed by atoms with Gasteiger partial charge in [0, 0.05) is 12.7 Å². The number of nitrogen functional groups attached to an aromatic ring is 1. The van der Waals surface area contributed by atoms with Crippen LogP contribution < -0.4 is 10.5 Å². The van der Waals surface area contributed by atoms with Crippen LogP contribution in [0.3, 0.4) is 0 Å². The van der Waals surface area contributed by atoms with Gasteiger partial charge in [-0.2, -0.15) is 5.10 Å². The van der Waals surface area contributed by atoms with E-state index in [1.807, 2.05) is 0 Å². The second kappa shape index (κ2) is 5.38. The van der Waals surface area contributed by atoms with Crippen LogP contribution in [0, 0.1) is 0 Å². The largest absolute Gasteiger partial charge is 0.496 e. The Balaban J connectivity index is 2.14. The Morgan fingerprint density at radius 1 is 1.47 bits per heavy atom. The summed E-state index contributed by atoms with van der Waals surface area (Å²) in [5.41, 5.74) is 6.29. The zero-order chi connectivity index (χ0) is 13.8. The maximum atomic E-state index is 12.0. The summed E-state index contributed by atoms with van der Waals surface area (Å²) < 4.78 is 11.8. The summed E-state index contributed by atoms with van der Waals surface area (Å²) in [6.45, 7) is 0.0207. The molecule has 2 aromatic rings. The van der Waals surface area contributed by atoms with Gasteiger partial charge in [0.2, 0.25) is 0 Å². The number of rotatable bonds is 4. The van der Waals surface area contributed by atoms with Crippen LogP contribution in [0.2, 0.25) is 0 Å². The normalized spacial score (nSPS) is 10.2. The topological polar surface area (TPSA) is 92.3 Å². The molecule has 0 aliphatic heterocycles. The van der Waals surface area contributed by atoms with Crippen LogP contribution >= 0.6 is 0 Å². The number of hydrogen-bond acceptors (Lipinski definition) is 6. The van der Waals surface area contributed by atoms with Crippen LogP contribution in [-0.4, -0.2) is 27.8 Å². The number of anilines is 1. The van der Waals surface area contributed by atoms with Crippen LogP contribution in [0.4, 0.5) is 5.69 Å². The quantitative estimate of drug-likeness (QED) is 0.646. The fourth-order valence-electron chi connectivity index (χ4n) is 1.59. The fourth-order valence-corrected chi connectivity index (χ4v) is 1.59. The van der Waals surface area contributed by atoms with Crippen molar-refractivity contribution in [3.63, 3.8) is 0 Å². The molecule has 2 N–H and O–H groups in total. The minimum atomic E-state index is -0.557. The summed E-state index contributed by atoms with van der Waals surface area (Å²) in [6, 6.07) is 4.96. The predicted molar refractivity (Wildman–Crippen MR) is 67.5 cm³/mol. The average molecular weight is 262 g/mol. The summed E-state index contributed by atoms with van der Waals surface area (Å²) >= 11 is 0. The molecule has 0 aliphatic carbocycles. The van der Waals surface area contributed by atoms with Crippen molar-refractivity contribution in [2.24, 2.45) is 7.05 Å². The van der Waals surface area contributed by atoms with E-state index in [4.69, 9.17) is 15.2 Å². The summed E-state index contributed by atoms with van der Waals surface area (Å²) in [7, 11) is 3.18. The van der Waals surface area contributed by atoms with Gasteiger partial charge in [-0.25, -0.2) is 9.78 Å². The monoisotopic (exact) mass is 262 g/mol. The number of carbonyl (C=O) groups excluding carboxylic acids is 1. The van der Waals surface area contributed by atoms with E-state index in [1.54, 1.807) is 25.2 Å². The number of hydrogen-bond donors (Lipinski definition) is 1. The van der Waals surface area contributed by atoms with Crippen LogP contribution in [0.5, 0.6) is 5.75 Å². The number of benzene rings is 1. The third-order valence-electron chi connectivity index (χ3n) is 2.62. The fraction of sp³-hybridized carbons (Fsp3) is 0.250. The van der Waals surface area contributed by atoms with E-state index < -0.39 is 5.97 Å². The first-order valence-electron chi connectivity index (χ1n) is 5.56. The molecule has 0 atom stereocenters. The molecule has 0 spiro atoms. The number of carbonyl (C=O) groups is 1. The van der Waals surface area contributed by atoms with E-state index >= 15 is 0 Å². The lowest BCUT2D eigenvalue weighted by atomic mass is 10.1. The van der Waals surface area contributed by atoms with Gasteiger partial charge in [0.15, 0.2) is 12.4 Å². The molecule has 0 aliphatic rings. The van der Waals surface area contributed by atoms with Gasteiger partial charge >= 0.3 is 5.97 Å². The van der Waals surface area contributed by atoms with Crippen molar-refractivity contribution in [1.82, 2.24) is 14.8 Å². The zero-order valence-corrected chi connectivity index (χ0v) is 10.7. The molecule has 0 unspecified atom stereocenters. The molecule has 1 aromatic carbocycles. The highest BCUT2D eigenvalue weighted by atomic mass is 16.5. The van der Waals surface area contributed by atoms with Crippen LogP contribution in [-0.2, 0) is 18.4 Å². The molecule has 1 aromatic heterocycles. The summed E-state index contributed by atoms with van der Waals surface area (Å²) in [6.07, 6.45) is 1.39. The van der Waals surface area contributed by atoms with Crippen molar-refractivity contribution in [1.29, 1.82) is 0 Å². The van der Waals surface area contributed by atoms with Gasteiger partial charge in [-0.15, -0.1) is 0 Å². The molecule has 19 heavy (non-hydrogen) atoms. The molecule has 2 rings (SSSR count). The maximum absolute atomic E-state index is 12.0. The van der Waals surface area contributed by atoms with Gasteiger partial charge in [0.1, 0.15) is 17.6 Å². The third-order valence-corrected chi connectivity index (χ3v) is 2.62. The van der Waals surface area contributed by atoms with E-state index in [0.717, 1.165) is 0 Å². The molecule has 0 fully saturated rings. The summed E-state index contributed by atoms with van der Waals surface area (Å²) in [5, 5.41) is 3.88. The predicted octanol–water partition coefficient (Wildman–Crippen LogP) is 0.763. The van der Waals surface area contributed by atoms with Crippen molar-refractivity contribution < 1.29 is 14.3 Å². The van der Waals surface area contributed by atoms with Gasteiger partial charge in [0.05, 0.1) is 7.11 Å². The first kappa shape index (κ1) is 12.9. The molecule has 7 nitrogen and oxygen atoms in total. The van der Waals surface area contributed by atoms with E-state index in [0.29, 0.717) is 17.3 Å². The third kappa shape index (κ3) is 2.65. The van der Waals surface area contributed by atoms with Gasteiger partial charge in [0.25, 0.3) is 0 Å². The Morgan fingerprint density at radius 2 is 2.26 bits per heavy atom. The number of esters is 1. The lowest BCUT2D eigenvalue weighted by Crippen LogP contribution is -2.12. The summed E-state index contributed by atoms with van der Waals surface area (Å²) in [4.78, 5) is 16.0. The molecule has 0 bridgehead atoms. The Labute approximate surface area is 110 Å². The van der Waals surface area contributed by atoms with Gasteiger partial charge in [-0.05, 0) is 12.1 Å². The standard InChI is InChI=1S/C12H14N4O3/c1-16-10(14-7-15-16)6-19-12(17)11-8(13)4-3-5-9(11)18-2/h3-5,7H,6,13H2,1-2H3. The van der Waals surface area contributed by atoms with E-state index in [9.17, 15) is 4.79 Å². The van der Waals surface area contributed by atoms with Gasteiger partial charge in [-0.3, -0.25) is 4.68 Å².